The van der Waals surface area contributed by atoms with E-state index in [2.05, 4.69) is 24.5 Å². The van der Waals surface area contributed by atoms with E-state index in [0.717, 1.165) is 13.0 Å². The molecule has 0 aromatic heterocycles. The third-order valence-electron chi connectivity index (χ3n) is 1.92. The van der Waals surface area contributed by atoms with Crippen molar-refractivity contribution in [1.82, 2.24) is 10.6 Å². The van der Waals surface area contributed by atoms with Gasteiger partial charge in [0.25, 0.3) is 0 Å². The molecule has 0 aromatic carbocycles. The van der Waals surface area contributed by atoms with E-state index in [9.17, 15) is 0 Å². The lowest BCUT2D eigenvalue weighted by Crippen LogP contribution is -2.40. The van der Waals surface area contributed by atoms with E-state index < -0.39 is 0 Å². The highest BCUT2D eigenvalue weighted by atomic mass is 16.3. The number of hydrogen-bond donors (Lipinski definition) is 3. The van der Waals surface area contributed by atoms with Crippen LogP contribution in [0.5, 0.6) is 0 Å². The Morgan fingerprint density at radius 2 is 2.09 bits per heavy atom. The molecule has 3 nitrogen and oxygen atoms in total. The summed E-state index contributed by atoms with van der Waals surface area (Å²) in [5, 5.41) is 15.2. The minimum Gasteiger partial charge on any atom is -0.395 e. The van der Waals surface area contributed by atoms with Gasteiger partial charge in [0.15, 0.2) is 0 Å². The first-order valence-electron chi connectivity index (χ1n) is 4.26. The minimum atomic E-state index is 0.229. The maximum Gasteiger partial charge on any atom is 0.0584 e. The topological polar surface area (TPSA) is 44.3 Å². The van der Waals surface area contributed by atoms with E-state index in [1.807, 2.05) is 7.05 Å². The largest absolute Gasteiger partial charge is 0.395 e. The van der Waals surface area contributed by atoms with E-state index >= 15 is 0 Å². The Balaban J connectivity index is 3.34. The molecule has 0 fully saturated rings. The van der Waals surface area contributed by atoms with E-state index in [4.69, 9.17) is 5.11 Å². The summed E-state index contributed by atoms with van der Waals surface area (Å²) in [6, 6.07) is 0.724. The van der Waals surface area contributed by atoms with Gasteiger partial charge in [0.1, 0.15) is 0 Å². The second kappa shape index (κ2) is 6.58. The Bertz CT molecular complexity index is 84.2. The molecule has 0 radical (unpaired) electrons. The van der Waals surface area contributed by atoms with Crippen LogP contribution in [0.25, 0.3) is 0 Å². The summed E-state index contributed by atoms with van der Waals surface area (Å²) in [6.45, 7) is 5.32. The van der Waals surface area contributed by atoms with Gasteiger partial charge >= 0.3 is 0 Å². The number of nitrogens with one attached hydrogen (secondary N) is 2. The lowest BCUT2D eigenvalue weighted by molar-refractivity contribution is 0.236. The third kappa shape index (κ3) is 5.18. The SMILES string of the molecule is CCC(CO)NCC(C)NC. The zero-order valence-electron chi connectivity index (χ0n) is 7.72. The highest BCUT2D eigenvalue weighted by Crippen LogP contribution is 1.88. The standard InChI is InChI=1S/C8H20N2O/c1-4-8(6-11)10-5-7(2)9-3/h7-11H,4-6H2,1-3H3. The van der Waals surface area contributed by atoms with Crippen molar-refractivity contribution in [3.63, 3.8) is 0 Å². The van der Waals surface area contributed by atoms with Crippen molar-refractivity contribution in [3.8, 4) is 0 Å². The highest BCUT2D eigenvalue weighted by Gasteiger charge is 2.04. The van der Waals surface area contributed by atoms with Crippen LogP contribution in [-0.4, -0.2) is 37.4 Å². The molecule has 0 rings (SSSR count). The Hall–Kier alpha value is -0.120. The molecule has 0 heterocycles. The van der Waals surface area contributed by atoms with E-state index in [-0.39, 0.29) is 12.6 Å². The lowest BCUT2D eigenvalue weighted by atomic mass is 10.2. The predicted octanol–water partition coefficient (Wildman–Crippen LogP) is -0.0452. The van der Waals surface area contributed by atoms with Crippen molar-refractivity contribution >= 4 is 0 Å². The third-order valence-corrected chi connectivity index (χ3v) is 1.92. The van der Waals surface area contributed by atoms with Gasteiger partial charge in [0, 0.05) is 18.6 Å². The molecule has 0 amide bonds. The molecule has 68 valence electrons. The van der Waals surface area contributed by atoms with Crippen molar-refractivity contribution in [2.24, 2.45) is 0 Å². The Morgan fingerprint density at radius 3 is 2.45 bits per heavy atom. The van der Waals surface area contributed by atoms with Gasteiger partial charge in [-0.25, -0.2) is 0 Å². The summed E-state index contributed by atoms with van der Waals surface area (Å²) in [5.74, 6) is 0. The van der Waals surface area contributed by atoms with Crippen LogP contribution in [-0.2, 0) is 0 Å². The normalized spacial score (nSPS) is 16.4. The first-order valence-corrected chi connectivity index (χ1v) is 4.26. The summed E-state index contributed by atoms with van der Waals surface area (Å²) in [4.78, 5) is 0. The van der Waals surface area contributed by atoms with Crippen molar-refractivity contribution in [2.45, 2.75) is 32.4 Å². The number of rotatable bonds is 6. The first-order chi connectivity index (χ1) is 5.24. The molecule has 0 aromatic rings. The van der Waals surface area contributed by atoms with Crippen molar-refractivity contribution in [3.05, 3.63) is 0 Å². The van der Waals surface area contributed by atoms with Crippen LogP contribution >= 0.6 is 0 Å². The van der Waals surface area contributed by atoms with Gasteiger partial charge in [0.05, 0.1) is 6.61 Å². The Labute approximate surface area is 69.2 Å². The molecule has 3 N–H and O–H groups in total. The van der Waals surface area contributed by atoms with E-state index in [0.29, 0.717) is 6.04 Å². The van der Waals surface area contributed by atoms with E-state index in [1.165, 1.54) is 0 Å². The molecular weight excluding hydrogens is 140 g/mol. The molecule has 0 aliphatic rings. The number of likely N-dealkylation sites (N-methyl/N-ethyl adjacent to an activating group) is 1. The predicted molar refractivity (Wildman–Crippen MR) is 47.7 cm³/mol. The minimum absolute atomic E-state index is 0.229. The summed E-state index contributed by atoms with van der Waals surface area (Å²) < 4.78 is 0. The van der Waals surface area contributed by atoms with Crippen LogP contribution in [0.2, 0.25) is 0 Å². The highest BCUT2D eigenvalue weighted by molar-refractivity contribution is 4.67. The van der Waals surface area contributed by atoms with Gasteiger partial charge < -0.3 is 15.7 Å². The molecule has 2 unspecified atom stereocenters. The lowest BCUT2D eigenvalue weighted by Gasteiger charge is -2.17. The molecule has 0 aliphatic carbocycles. The maximum absolute atomic E-state index is 8.83. The molecule has 0 saturated carbocycles. The van der Waals surface area contributed by atoms with Gasteiger partial charge in [0.2, 0.25) is 0 Å². The summed E-state index contributed by atoms with van der Waals surface area (Å²) >= 11 is 0. The second-order valence-electron chi connectivity index (χ2n) is 2.89. The first kappa shape index (κ1) is 10.9. The fourth-order valence-corrected chi connectivity index (χ4v) is 0.783. The second-order valence-corrected chi connectivity index (χ2v) is 2.89. The zero-order valence-corrected chi connectivity index (χ0v) is 7.72. The average Bonchev–Trinajstić information content (AvgIpc) is 2.06. The average molecular weight is 160 g/mol. The van der Waals surface area contributed by atoms with Gasteiger partial charge in [-0.3, -0.25) is 0 Å². The van der Waals surface area contributed by atoms with Crippen LogP contribution in [0.4, 0.5) is 0 Å². The van der Waals surface area contributed by atoms with Crippen LogP contribution < -0.4 is 10.6 Å². The van der Waals surface area contributed by atoms with Crippen molar-refractivity contribution in [1.29, 1.82) is 0 Å². The van der Waals surface area contributed by atoms with Crippen LogP contribution in [0, 0.1) is 0 Å². The van der Waals surface area contributed by atoms with Crippen LogP contribution in [0.3, 0.4) is 0 Å². The number of aliphatic hydroxyl groups excluding tert-OH is 1. The number of hydrogen-bond acceptors (Lipinski definition) is 3. The molecule has 2 atom stereocenters. The van der Waals surface area contributed by atoms with Crippen LogP contribution in [0.15, 0.2) is 0 Å². The smallest absolute Gasteiger partial charge is 0.0584 e. The fourth-order valence-electron chi connectivity index (χ4n) is 0.783. The van der Waals surface area contributed by atoms with Gasteiger partial charge in [-0.05, 0) is 20.4 Å². The van der Waals surface area contributed by atoms with E-state index in [1.54, 1.807) is 0 Å². The van der Waals surface area contributed by atoms with Gasteiger partial charge in [-0.1, -0.05) is 6.92 Å². The molecule has 0 spiro atoms. The molecule has 0 aliphatic heterocycles. The van der Waals surface area contributed by atoms with Gasteiger partial charge in [-0.2, -0.15) is 0 Å². The molecular formula is C8H20N2O. The molecule has 3 heteroatoms. The zero-order chi connectivity index (χ0) is 8.69. The van der Waals surface area contributed by atoms with Gasteiger partial charge in [-0.15, -0.1) is 0 Å². The molecule has 0 bridgehead atoms. The molecule has 11 heavy (non-hydrogen) atoms. The summed E-state index contributed by atoms with van der Waals surface area (Å²) in [5.41, 5.74) is 0. The maximum atomic E-state index is 8.83. The fraction of sp³-hybridized carbons (Fsp3) is 1.00. The summed E-state index contributed by atoms with van der Waals surface area (Å²) in [6.07, 6.45) is 0.979. The van der Waals surface area contributed by atoms with Crippen molar-refractivity contribution in [2.75, 3.05) is 20.2 Å². The summed E-state index contributed by atoms with van der Waals surface area (Å²) in [7, 11) is 1.94. The number of aliphatic hydroxyl groups is 1. The quantitative estimate of drug-likeness (QED) is 0.510. The monoisotopic (exact) mass is 160 g/mol. The Morgan fingerprint density at radius 1 is 1.45 bits per heavy atom. The van der Waals surface area contributed by atoms with Crippen molar-refractivity contribution < 1.29 is 5.11 Å². The Kier molecular flexibility index (Phi) is 6.51. The van der Waals surface area contributed by atoms with Crippen LogP contribution in [0.1, 0.15) is 20.3 Å². The molecule has 0 saturated heterocycles.